The average molecular weight is 165 g/mol. The fraction of sp³-hybridized carbons (Fsp3) is 0.500. The highest BCUT2D eigenvalue weighted by Gasteiger charge is 2.24. The Labute approximate surface area is 71.0 Å². The molecule has 1 aliphatic rings. The maximum Gasteiger partial charge on any atom is 0.316 e. The van der Waals surface area contributed by atoms with Gasteiger partial charge >= 0.3 is 6.01 Å². The van der Waals surface area contributed by atoms with Gasteiger partial charge in [0.25, 0.3) is 0 Å². The highest BCUT2D eigenvalue weighted by atomic mass is 16.5. The average Bonchev–Trinajstić information content (AvgIpc) is 2.90. The fourth-order valence-corrected chi connectivity index (χ4v) is 0.841. The van der Waals surface area contributed by atoms with Crippen LogP contribution < -0.4 is 10.1 Å². The summed E-state index contributed by atoms with van der Waals surface area (Å²) < 4.78 is 5.37. The van der Waals surface area contributed by atoms with Crippen LogP contribution in [0.2, 0.25) is 0 Å². The van der Waals surface area contributed by atoms with Crippen molar-refractivity contribution in [1.82, 2.24) is 9.97 Å². The van der Waals surface area contributed by atoms with Crippen molar-refractivity contribution in [3.63, 3.8) is 0 Å². The van der Waals surface area contributed by atoms with Gasteiger partial charge in [0, 0.05) is 7.05 Å². The number of nitrogens with zero attached hydrogens (tertiary/aromatic N) is 2. The number of nitrogens with one attached hydrogen (secondary N) is 1. The van der Waals surface area contributed by atoms with E-state index in [1.807, 2.05) is 7.05 Å². The SMILES string of the molecule is CNc1cnc(OC2CC2)nc1. The molecule has 0 aromatic carbocycles. The lowest BCUT2D eigenvalue weighted by Gasteiger charge is -2.02. The van der Waals surface area contributed by atoms with E-state index >= 15 is 0 Å². The van der Waals surface area contributed by atoms with E-state index in [1.165, 1.54) is 0 Å². The quantitative estimate of drug-likeness (QED) is 0.727. The van der Waals surface area contributed by atoms with Crippen molar-refractivity contribution < 1.29 is 4.74 Å². The Kier molecular flexibility index (Phi) is 1.81. The summed E-state index contributed by atoms with van der Waals surface area (Å²) in [7, 11) is 1.83. The fourth-order valence-electron chi connectivity index (χ4n) is 0.841. The third kappa shape index (κ3) is 1.64. The van der Waals surface area contributed by atoms with Gasteiger partial charge in [-0.25, -0.2) is 9.97 Å². The Hall–Kier alpha value is -1.32. The lowest BCUT2D eigenvalue weighted by Crippen LogP contribution is -2.01. The van der Waals surface area contributed by atoms with Crippen molar-refractivity contribution in [3.05, 3.63) is 12.4 Å². The van der Waals surface area contributed by atoms with Gasteiger partial charge in [0.15, 0.2) is 0 Å². The lowest BCUT2D eigenvalue weighted by atomic mass is 10.5. The number of ether oxygens (including phenoxy) is 1. The molecular formula is C8H11N3O. The minimum Gasteiger partial charge on any atom is -0.460 e. The van der Waals surface area contributed by atoms with Crippen LogP contribution in [-0.2, 0) is 0 Å². The zero-order chi connectivity index (χ0) is 8.39. The first-order valence-electron chi connectivity index (χ1n) is 4.05. The molecular weight excluding hydrogens is 154 g/mol. The second kappa shape index (κ2) is 2.97. The smallest absolute Gasteiger partial charge is 0.316 e. The molecule has 12 heavy (non-hydrogen) atoms. The Bertz CT molecular complexity index is 256. The summed E-state index contributed by atoms with van der Waals surface area (Å²) in [5, 5.41) is 2.94. The van der Waals surface area contributed by atoms with Crippen molar-refractivity contribution in [2.45, 2.75) is 18.9 Å². The monoisotopic (exact) mass is 165 g/mol. The molecule has 0 radical (unpaired) electrons. The highest BCUT2D eigenvalue weighted by molar-refractivity contribution is 5.36. The molecule has 0 aliphatic heterocycles. The van der Waals surface area contributed by atoms with E-state index in [4.69, 9.17) is 4.74 Å². The van der Waals surface area contributed by atoms with E-state index in [0.29, 0.717) is 12.1 Å². The molecule has 1 aromatic rings. The van der Waals surface area contributed by atoms with E-state index < -0.39 is 0 Å². The summed E-state index contributed by atoms with van der Waals surface area (Å²) in [5.41, 5.74) is 0.901. The van der Waals surface area contributed by atoms with Gasteiger partial charge in [0.1, 0.15) is 6.10 Å². The van der Waals surface area contributed by atoms with Gasteiger partial charge in [-0.3, -0.25) is 0 Å². The standard InChI is InChI=1S/C8H11N3O/c1-9-6-4-10-8(11-5-6)12-7-2-3-7/h4-5,7,9H,2-3H2,1H3. The van der Waals surface area contributed by atoms with Gasteiger partial charge in [0.2, 0.25) is 0 Å². The zero-order valence-corrected chi connectivity index (χ0v) is 6.95. The molecule has 1 aromatic heterocycles. The summed E-state index contributed by atoms with van der Waals surface area (Å²) in [5.74, 6) is 0. The van der Waals surface area contributed by atoms with Crippen LogP contribution in [0.3, 0.4) is 0 Å². The molecule has 64 valence electrons. The predicted octanol–water partition coefficient (Wildman–Crippen LogP) is 1.06. The summed E-state index contributed by atoms with van der Waals surface area (Å²) in [6.45, 7) is 0. The molecule has 0 spiro atoms. The predicted molar refractivity (Wildman–Crippen MR) is 45.2 cm³/mol. The largest absolute Gasteiger partial charge is 0.460 e. The van der Waals surface area contributed by atoms with Crippen LogP contribution in [0.25, 0.3) is 0 Å². The second-order valence-corrected chi connectivity index (χ2v) is 2.82. The third-order valence-corrected chi connectivity index (χ3v) is 1.71. The molecule has 1 N–H and O–H groups in total. The van der Waals surface area contributed by atoms with Gasteiger partial charge in [0.05, 0.1) is 18.1 Å². The molecule has 4 heteroatoms. The minimum absolute atomic E-state index is 0.366. The first kappa shape index (κ1) is 7.34. The molecule has 0 atom stereocenters. The summed E-state index contributed by atoms with van der Waals surface area (Å²) >= 11 is 0. The van der Waals surface area contributed by atoms with Crippen LogP contribution in [0.4, 0.5) is 5.69 Å². The Morgan fingerprint density at radius 3 is 2.58 bits per heavy atom. The van der Waals surface area contributed by atoms with Gasteiger partial charge in [-0.05, 0) is 12.8 Å². The van der Waals surface area contributed by atoms with Gasteiger partial charge in [-0.2, -0.15) is 0 Å². The van der Waals surface area contributed by atoms with E-state index in [1.54, 1.807) is 12.4 Å². The number of rotatable bonds is 3. The van der Waals surface area contributed by atoms with Crippen molar-refractivity contribution in [1.29, 1.82) is 0 Å². The minimum atomic E-state index is 0.366. The van der Waals surface area contributed by atoms with Crippen LogP contribution >= 0.6 is 0 Å². The highest BCUT2D eigenvalue weighted by Crippen LogP contribution is 2.24. The molecule has 0 saturated heterocycles. The van der Waals surface area contributed by atoms with Crippen molar-refractivity contribution in [2.24, 2.45) is 0 Å². The maximum atomic E-state index is 5.37. The van der Waals surface area contributed by atoms with E-state index in [2.05, 4.69) is 15.3 Å². The lowest BCUT2D eigenvalue weighted by molar-refractivity contribution is 0.278. The molecule has 0 unspecified atom stereocenters. The van der Waals surface area contributed by atoms with E-state index in [-0.39, 0.29) is 0 Å². The second-order valence-electron chi connectivity index (χ2n) is 2.82. The molecule has 1 saturated carbocycles. The number of hydrogen-bond acceptors (Lipinski definition) is 4. The van der Waals surface area contributed by atoms with Gasteiger partial charge in [-0.15, -0.1) is 0 Å². The van der Waals surface area contributed by atoms with Crippen LogP contribution in [0.1, 0.15) is 12.8 Å². The topological polar surface area (TPSA) is 47.0 Å². The van der Waals surface area contributed by atoms with Crippen LogP contribution in [-0.4, -0.2) is 23.1 Å². The maximum absolute atomic E-state index is 5.37. The third-order valence-electron chi connectivity index (χ3n) is 1.71. The molecule has 1 heterocycles. The number of anilines is 1. The van der Waals surface area contributed by atoms with Crippen molar-refractivity contribution in [3.8, 4) is 6.01 Å². The first-order chi connectivity index (χ1) is 5.88. The van der Waals surface area contributed by atoms with Crippen LogP contribution in [0.5, 0.6) is 6.01 Å². The molecule has 0 bridgehead atoms. The Morgan fingerprint density at radius 2 is 2.08 bits per heavy atom. The number of hydrogen-bond donors (Lipinski definition) is 1. The van der Waals surface area contributed by atoms with E-state index in [0.717, 1.165) is 18.5 Å². The zero-order valence-electron chi connectivity index (χ0n) is 6.95. The first-order valence-corrected chi connectivity index (χ1v) is 4.05. The summed E-state index contributed by atoms with van der Waals surface area (Å²) in [6, 6.07) is 0.483. The Balaban J connectivity index is 2.02. The molecule has 2 rings (SSSR count). The van der Waals surface area contributed by atoms with Crippen LogP contribution in [0, 0.1) is 0 Å². The number of aromatic nitrogens is 2. The molecule has 1 aliphatic carbocycles. The molecule has 0 amide bonds. The van der Waals surface area contributed by atoms with Crippen LogP contribution in [0.15, 0.2) is 12.4 Å². The van der Waals surface area contributed by atoms with Gasteiger partial charge < -0.3 is 10.1 Å². The van der Waals surface area contributed by atoms with Gasteiger partial charge in [-0.1, -0.05) is 0 Å². The van der Waals surface area contributed by atoms with Crippen molar-refractivity contribution in [2.75, 3.05) is 12.4 Å². The summed E-state index contributed by atoms with van der Waals surface area (Å²) in [6.07, 6.45) is 6.06. The molecule has 4 nitrogen and oxygen atoms in total. The normalized spacial score (nSPS) is 15.8. The summed E-state index contributed by atoms with van der Waals surface area (Å²) in [4.78, 5) is 8.07. The molecule has 1 fully saturated rings. The Morgan fingerprint density at radius 1 is 1.42 bits per heavy atom. The van der Waals surface area contributed by atoms with E-state index in [9.17, 15) is 0 Å². The van der Waals surface area contributed by atoms with Crippen molar-refractivity contribution >= 4 is 5.69 Å².